The zero-order valence-electron chi connectivity index (χ0n) is 30.7. The zero-order valence-corrected chi connectivity index (χ0v) is 30.7. The minimum atomic E-state index is 0.562. The lowest BCUT2D eigenvalue weighted by atomic mass is 9.90. The number of hydrogen-bond acceptors (Lipinski definition) is 2. The van der Waals surface area contributed by atoms with E-state index >= 15 is 0 Å². The number of nitrogens with zero attached hydrogens (tertiary/aromatic N) is 4. The van der Waals surface area contributed by atoms with Crippen molar-refractivity contribution in [2.45, 2.75) is 13.3 Å². The van der Waals surface area contributed by atoms with Crippen LogP contribution in [-0.2, 0) is 6.42 Å². The molecule has 10 aromatic rings. The van der Waals surface area contributed by atoms with Crippen molar-refractivity contribution < 1.29 is 0 Å². The van der Waals surface area contributed by atoms with Crippen LogP contribution in [0.25, 0.3) is 77.2 Å². The van der Waals surface area contributed by atoms with Crippen molar-refractivity contribution in [3.8, 4) is 45.8 Å². The number of aryl methyl sites for hydroxylation is 1. The first-order valence-corrected chi connectivity index (χ1v) is 18.8. The summed E-state index contributed by atoms with van der Waals surface area (Å²) in [5.74, 6) is 0. The Morgan fingerprint density at radius 1 is 0.429 bits per heavy atom. The van der Waals surface area contributed by atoms with Gasteiger partial charge in [0.1, 0.15) is 6.07 Å². The summed E-state index contributed by atoms with van der Waals surface area (Å²) >= 11 is 0. The van der Waals surface area contributed by atoms with Crippen molar-refractivity contribution in [1.29, 1.82) is 10.5 Å². The van der Waals surface area contributed by atoms with Gasteiger partial charge in [0.25, 0.3) is 0 Å². The van der Waals surface area contributed by atoms with Gasteiger partial charge in [0.15, 0.2) is 0 Å². The van der Waals surface area contributed by atoms with Crippen LogP contribution < -0.4 is 0 Å². The fourth-order valence-electron chi connectivity index (χ4n) is 8.58. The lowest BCUT2D eigenvalue weighted by Gasteiger charge is -2.14. The molecule has 0 atom stereocenters. The summed E-state index contributed by atoms with van der Waals surface area (Å²) in [4.78, 5) is 0. The fraction of sp³-hybridized carbons (Fsp3) is 0.0385. The van der Waals surface area contributed by atoms with Crippen LogP contribution in [-0.4, -0.2) is 9.13 Å². The molecule has 0 saturated carbocycles. The molecule has 4 nitrogen and oxygen atoms in total. The SMILES string of the molecule is Cc1ccccc1-c1ccccc1Cc1ccc(-c2ccc(-n3c4ccccc4c4cc5c(cc43)c3ccccc3n5-c3ccccc3)c(C#N)c2)cc1C#N. The summed E-state index contributed by atoms with van der Waals surface area (Å²) < 4.78 is 4.58. The van der Waals surface area contributed by atoms with E-state index in [9.17, 15) is 10.5 Å². The number of para-hydroxylation sites is 3. The van der Waals surface area contributed by atoms with E-state index in [0.29, 0.717) is 17.5 Å². The smallest absolute Gasteiger partial charge is 0.101 e. The predicted molar refractivity (Wildman–Crippen MR) is 229 cm³/mol. The molecule has 0 radical (unpaired) electrons. The first-order valence-electron chi connectivity index (χ1n) is 18.8. The van der Waals surface area contributed by atoms with Gasteiger partial charge in [-0.3, -0.25) is 0 Å². The minimum absolute atomic E-state index is 0.562. The average molecular weight is 715 g/mol. The highest BCUT2D eigenvalue weighted by molar-refractivity contribution is 6.19. The lowest BCUT2D eigenvalue weighted by molar-refractivity contribution is 1.16. The second-order valence-corrected chi connectivity index (χ2v) is 14.4. The monoisotopic (exact) mass is 714 g/mol. The van der Waals surface area contributed by atoms with Gasteiger partial charge in [-0.2, -0.15) is 10.5 Å². The second kappa shape index (κ2) is 13.3. The average Bonchev–Trinajstić information content (AvgIpc) is 3.75. The first-order chi connectivity index (χ1) is 27.6. The Morgan fingerprint density at radius 2 is 0.982 bits per heavy atom. The van der Waals surface area contributed by atoms with Gasteiger partial charge in [0.2, 0.25) is 0 Å². The third kappa shape index (κ3) is 5.28. The van der Waals surface area contributed by atoms with Crippen LogP contribution in [0.5, 0.6) is 0 Å². The molecule has 8 aromatic carbocycles. The summed E-state index contributed by atoms with van der Waals surface area (Å²) in [5, 5.41) is 25.7. The maximum absolute atomic E-state index is 10.7. The molecule has 10 rings (SSSR count). The molecule has 0 saturated heterocycles. The number of nitriles is 2. The van der Waals surface area contributed by atoms with E-state index in [-0.39, 0.29) is 0 Å². The standard InChI is InChI=1S/C52H34N4/c1-34-13-5-7-17-42(34)43-18-8-6-14-38(43)27-37-24-23-35(28-39(37)32-53)36-25-26-48(40(29-36)33-54)56-50-22-12-10-20-45(50)47-30-51-46(31-52(47)56)44-19-9-11-21-49(44)55(51)41-15-3-2-4-16-41/h2-26,28-31H,27H2,1H3. The van der Waals surface area contributed by atoms with Crippen LogP contribution in [0, 0.1) is 29.6 Å². The molecule has 0 unspecified atom stereocenters. The number of aromatic nitrogens is 2. The maximum atomic E-state index is 10.7. The van der Waals surface area contributed by atoms with Crippen molar-refractivity contribution in [1.82, 2.24) is 9.13 Å². The van der Waals surface area contributed by atoms with Crippen LogP contribution in [0.15, 0.2) is 176 Å². The van der Waals surface area contributed by atoms with Crippen LogP contribution >= 0.6 is 0 Å². The normalized spacial score (nSPS) is 11.3. The van der Waals surface area contributed by atoms with Crippen LogP contribution in [0.4, 0.5) is 0 Å². The van der Waals surface area contributed by atoms with E-state index in [1.807, 2.05) is 18.2 Å². The molecule has 0 bridgehead atoms. The van der Waals surface area contributed by atoms with E-state index in [0.717, 1.165) is 66.3 Å². The Morgan fingerprint density at radius 3 is 1.68 bits per heavy atom. The largest absolute Gasteiger partial charge is 0.309 e. The molecular formula is C52H34N4. The van der Waals surface area contributed by atoms with Gasteiger partial charge >= 0.3 is 0 Å². The maximum Gasteiger partial charge on any atom is 0.101 e. The molecule has 0 N–H and O–H groups in total. The van der Waals surface area contributed by atoms with E-state index in [4.69, 9.17) is 0 Å². The predicted octanol–water partition coefficient (Wildman–Crippen LogP) is 12.9. The number of benzene rings is 8. The molecule has 262 valence electrons. The highest BCUT2D eigenvalue weighted by atomic mass is 15.0. The summed E-state index contributed by atoms with van der Waals surface area (Å²) in [6.07, 6.45) is 0.640. The van der Waals surface area contributed by atoms with E-state index in [2.05, 4.69) is 186 Å². The highest BCUT2D eigenvalue weighted by Gasteiger charge is 2.20. The van der Waals surface area contributed by atoms with E-state index < -0.39 is 0 Å². The first kappa shape index (κ1) is 32.9. The molecule has 0 aliphatic rings. The molecule has 2 aromatic heterocycles. The summed E-state index contributed by atoms with van der Waals surface area (Å²) in [6.45, 7) is 2.13. The topological polar surface area (TPSA) is 57.4 Å². The number of rotatable bonds is 6. The number of fused-ring (bicyclic) bond motifs is 6. The van der Waals surface area contributed by atoms with Crippen molar-refractivity contribution in [3.63, 3.8) is 0 Å². The van der Waals surface area contributed by atoms with Crippen molar-refractivity contribution in [2.24, 2.45) is 0 Å². The lowest BCUT2D eigenvalue weighted by Crippen LogP contribution is -1.99. The third-order valence-corrected chi connectivity index (χ3v) is 11.2. The molecule has 0 spiro atoms. The van der Waals surface area contributed by atoms with Crippen molar-refractivity contribution in [2.75, 3.05) is 0 Å². The molecule has 0 fully saturated rings. The molecular weight excluding hydrogens is 681 g/mol. The Balaban J connectivity index is 1.09. The quantitative estimate of drug-likeness (QED) is 0.172. The van der Waals surface area contributed by atoms with Gasteiger partial charge in [-0.1, -0.05) is 121 Å². The third-order valence-electron chi connectivity index (χ3n) is 11.2. The van der Waals surface area contributed by atoms with Crippen molar-refractivity contribution >= 4 is 43.6 Å². The van der Waals surface area contributed by atoms with Gasteiger partial charge in [-0.05, 0) is 107 Å². The van der Waals surface area contributed by atoms with E-state index in [1.165, 1.54) is 27.6 Å². The Labute approximate surface area is 325 Å². The summed E-state index contributed by atoms with van der Waals surface area (Å²) in [7, 11) is 0. The van der Waals surface area contributed by atoms with Crippen LogP contribution in [0.2, 0.25) is 0 Å². The molecule has 4 heteroatoms. The number of hydrogen-bond donors (Lipinski definition) is 0. The molecule has 56 heavy (non-hydrogen) atoms. The minimum Gasteiger partial charge on any atom is -0.309 e. The Bertz CT molecular complexity index is 3260. The van der Waals surface area contributed by atoms with Crippen molar-refractivity contribution in [3.05, 3.63) is 204 Å². The Hall–Kier alpha value is -7.66. The zero-order chi connectivity index (χ0) is 37.8. The van der Waals surface area contributed by atoms with Crippen LogP contribution in [0.3, 0.4) is 0 Å². The molecule has 0 aliphatic heterocycles. The fourth-order valence-corrected chi connectivity index (χ4v) is 8.58. The molecule has 2 heterocycles. The summed E-state index contributed by atoms with van der Waals surface area (Å²) in [6, 6.07) is 66.1. The molecule has 0 aliphatic carbocycles. The Kier molecular flexibility index (Phi) is 7.84. The second-order valence-electron chi connectivity index (χ2n) is 14.4. The highest BCUT2D eigenvalue weighted by Crippen LogP contribution is 2.40. The van der Waals surface area contributed by atoms with Gasteiger partial charge < -0.3 is 9.13 Å². The van der Waals surface area contributed by atoms with Gasteiger partial charge in [-0.25, -0.2) is 0 Å². The molecule has 0 amide bonds. The van der Waals surface area contributed by atoms with Crippen LogP contribution in [0.1, 0.15) is 27.8 Å². The van der Waals surface area contributed by atoms with E-state index in [1.54, 1.807) is 0 Å². The van der Waals surface area contributed by atoms with Gasteiger partial charge in [0, 0.05) is 27.2 Å². The summed E-state index contributed by atoms with van der Waals surface area (Å²) in [5.41, 5.74) is 15.0. The van der Waals surface area contributed by atoms with Gasteiger partial charge in [-0.15, -0.1) is 0 Å². The van der Waals surface area contributed by atoms with Gasteiger partial charge in [0.05, 0.1) is 45.0 Å².